The number of thiazole rings is 1. The van der Waals surface area contributed by atoms with Crippen molar-refractivity contribution in [2.24, 2.45) is 0 Å². The number of amides is 1. The zero-order valence-corrected chi connectivity index (χ0v) is 17.3. The summed E-state index contributed by atoms with van der Waals surface area (Å²) in [5, 5.41) is 5.82. The van der Waals surface area contributed by atoms with Crippen LogP contribution >= 0.6 is 11.3 Å². The number of aromatic nitrogens is 1. The maximum absolute atomic E-state index is 12.3. The first kappa shape index (κ1) is 20.0. The molecule has 0 aliphatic carbocycles. The number of benzene rings is 2. The fourth-order valence-corrected chi connectivity index (χ4v) is 3.71. The third-order valence-corrected chi connectivity index (χ3v) is 5.27. The second-order valence-electron chi connectivity index (χ2n) is 6.79. The summed E-state index contributed by atoms with van der Waals surface area (Å²) in [6.07, 6.45) is 0.293. The standard InChI is InChI=1S/C22H25N3O2S/c1-16-6-4-5-7-20(16)24-21(26)12-22-23-18(15-28-22)14-25(2)13-17-8-10-19(27-3)11-9-17/h4-11,15H,12-14H2,1-3H3,(H,24,26). The Bertz CT molecular complexity index is 922. The highest BCUT2D eigenvalue weighted by Gasteiger charge is 2.11. The molecule has 0 radical (unpaired) electrons. The number of hydrogen-bond donors (Lipinski definition) is 1. The first-order valence-corrected chi connectivity index (χ1v) is 10.0. The molecule has 1 amide bonds. The fraction of sp³-hybridized carbons (Fsp3) is 0.273. The Morgan fingerprint density at radius 2 is 1.89 bits per heavy atom. The predicted octanol–water partition coefficient (Wildman–Crippen LogP) is 4.27. The molecule has 0 spiro atoms. The molecule has 0 bridgehead atoms. The maximum Gasteiger partial charge on any atom is 0.231 e. The van der Waals surface area contributed by atoms with Crippen LogP contribution in [-0.2, 0) is 24.3 Å². The van der Waals surface area contributed by atoms with Crippen molar-refractivity contribution in [3.8, 4) is 5.75 Å². The molecule has 6 heteroatoms. The topological polar surface area (TPSA) is 54.5 Å². The highest BCUT2D eigenvalue weighted by Crippen LogP contribution is 2.17. The number of carbonyl (C=O) groups is 1. The van der Waals surface area contributed by atoms with Gasteiger partial charge in [0.2, 0.25) is 5.91 Å². The molecule has 2 aromatic carbocycles. The number of rotatable bonds is 8. The summed E-state index contributed by atoms with van der Waals surface area (Å²) in [4.78, 5) is 19.1. The van der Waals surface area contributed by atoms with Crippen LogP contribution in [0.2, 0.25) is 0 Å². The molecule has 0 atom stereocenters. The molecule has 146 valence electrons. The fourth-order valence-electron chi connectivity index (χ4n) is 2.92. The van der Waals surface area contributed by atoms with E-state index in [0.717, 1.165) is 40.8 Å². The second-order valence-corrected chi connectivity index (χ2v) is 7.74. The average molecular weight is 396 g/mol. The molecule has 0 aliphatic heterocycles. The van der Waals surface area contributed by atoms with Gasteiger partial charge >= 0.3 is 0 Å². The summed E-state index contributed by atoms with van der Waals surface area (Å²) in [5.74, 6) is 0.821. The molecule has 1 heterocycles. The lowest BCUT2D eigenvalue weighted by Crippen LogP contribution is -2.18. The Labute approximate surface area is 170 Å². The monoisotopic (exact) mass is 395 g/mol. The normalized spacial score (nSPS) is 10.9. The molecular formula is C22H25N3O2S. The highest BCUT2D eigenvalue weighted by molar-refractivity contribution is 7.09. The number of hydrogen-bond acceptors (Lipinski definition) is 5. The van der Waals surface area contributed by atoms with Gasteiger partial charge in [-0.25, -0.2) is 4.98 Å². The van der Waals surface area contributed by atoms with Gasteiger partial charge in [0, 0.05) is 24.2 Å². The van der Waals surface area contributed by atoms with E-state index in [1.165, 1.54) is 16.9 Å². The minimum absolute atomic E-state index is 0.0400. The lowest BCUT2D eigenvalue weighted by molar-refractivity contribution is -0.115. The number of nitrogens with one attached hydrogen (secondary N) is 1. The van der Waals surface area contributed by atoms with Crippen LogP contribution in [0.3, 0.4) is 0 Å². The van der Waals surface area contributed by atoms with Crippen molar-refractivity contribution in [3.05, 3.63) is 75.7 Å². The minimum Gasteiger partial charge on any atom is -0.497 e. The highest BCUT2D eigenvalue weighted by atomic mass is 32.1. The van der Waals surface area contributed by atoms with Crippen molar-refractivity contribution in [1.82, 2.24) is 9.88 Å². The van der Waals surface area contributed by atoms with Crippen molar-refractivity contribution >= 4 is 22.9 Å². The Morgan fingerprint density at radius 3 is 2.61 bits per heavy atom. The van der Waals surface area contributed by atoms with Crippen molar-refractivity contribution in [3.63, 3.8) is 0 Å². The Hall–Kier alpha value is -2.70. The first-order valence-electron chi connectivity index (χ1n) is 9.13. The van der Waals surface area contributed by atoms with Crippen LogP contribution in [0.4, 0.5) is 5.69 Å². The number of methoxy groups -OCH3 is 1. The zero-order chi connectivity index (χ0) is 19.9. The van der Waals surface area contributed by atoms with Gasteiger partial charge in [0.15, 0.2) is 0 Å². The molecule has 0 unspecified atom stereocenters. The molecule has 5 nitrogen and oxygen atoms in total. The number of aryl methyl sites for hydroxylation is 1. The maximum atomic E-state index is 12.3. The van der Waals surface area contributed by atoms with Gasteiger partial charge in [-0.3, -0.25) is 9.69 Å². The van der Waals surface area contributed by atoms with Gasteiger partial charge in [-0.1, -0.05) is 30.3 Å². The summed E-state index contributed by atoms with van der Waals surface area (Å²) in [7, 11) is 3.73. The summed E-state index contributed by atoms with van der Waals surface area (Å²) in [5.41, 5.74) is 4.11. The van der Waals surface area contributed by atoms with Gasteiger partial charge in [-0.2, -0.15) is 0 Å². The van der Waals surface area contributed by atoms with Gasteiger partial charge < -0.3 is 10.1 Å². The van der Waals surface area contributed by atoms with Gasteiger partial charge in [0.1, 0.15) is 10.8 Å². The molecule has 3 aromatic rings. The molecule has 28 heavy (non-hydrogen) atoms. The summed E-state index contributed by atoms with van der Waals surface area (Å²) < 4.78 is 5.19. The zero-order valence-electron chi connectivity index (χ0n) is 16.4. The van der Waals surface area contributed by atoms with Gasteiger partial charge in [0.25, 0.3) is 0 Å². The first-order chi connectivity index (χ1) is 13.5. The molecule has 1 N–H and O–H groups in total. The Balaban J connectivity index is 1.51. The smallest absolute Gasteiger partial charge is 0.231 e. The van der Waals surface area contributed by atoms with Crippen LogP contribution in [0.25, 0.3) is 0 Å². The summed E-state index contributed by atoms with van der Waals surface area (Å²) >= 11 is 1.53. The van der Waals surface area contributed by atoms with Crippen LogP contribution in [-0.4, -0.2) is 29.9 Å². The average Bonchev–Trinajstić information content (AvgIpc) is 3.10. The van der Waals surface area contributed by atoms with Crippen LogP contribution in [0.5, 0.6) is 5.75 Å². The largest absolute Gasteiger partial charge is 0.497 e. The van der Waals surface area contributed by atoms with E-state index >= 15 is 0 Å². The van der Waals surface area contributed by atoms with Gasteiger partial charge in [-0.15, -0.1) is 11.3 Å². The van der Waals surface area contributed by atoms with Crippen LogP contribution < -0.4 is 10.1 Å². The van der Waals surface area contributed by atoms with E-state index in [9.17, 15) is 4.79 Å². The van der Waals surface area contributed by atoms with E-state index in [-0.39, 0.29) is 5.91 Å². The van der Waals surface area contributed by atoms with E-state index in [1.807, 2.05) is 48.7 Å². The van der Waals surface area contributed by atoms with Gasteiger partial charge in [-0.05, 0) is 43.3 Å². The van der Waals surface area contributed by atoms with Gasteiger partial charge in [0.05, 0.1) is 19.2 Å². The van der Waals surface area contributed by atoms with Crippen molar-refractivity contribution in [2.75, 3.05) is 19.5 Å². The number of anilines is 1. The molecular weight excluding hydrogens is 370 g/mol. The summed E-state index contributed by atoms with van der Waals surface area (Å²) in [6.45, 7) is 3.54. The van der Waals surface area contributed by atoms with Crippen LogP contribution in [0, 0.1) is 6.92 Å². The van der Waals surface area contributed by atoms with Crippen molar-refractivity contribution in [2.45, 2.75) is 26.4 Å². The number of para-hydroxylation sites is 1. The van der Waals surface area contributed by atoms with E-state index < -0.39 is 0 Å². The molecule has 0 fully saturated rings. The molecule has 3 rings (SSSR count). The third kappa shape index (κ3) is 5.65. The number of ether oxygens (including phenoxy) is 1. The van der Waals surface area contributed by atoms with Crippen LogP contribution in [0.15, 0.2) is 53.9 Å². The second kappa shape index (κ2) is 9.48. The minimum atomic E-state index is -0.0400. The SMILES string of the molecule is COc1ccc(CN(C)Cc2csc(CC(=O)Nc3ccccc3C)n2)cc1. The summed E-state index contributed by atoms with van der Waals surface area (Å²) in [6, 6.07) is 15.8. The van der Waals surface area contributed by atoms with E-state index in [0.29, 0.717) is 6.42 Å². The molecule has 0 saturated carbocycles. The lowest BCUT2D eigenvalue weighted by atomic mass is 10.2. The Kier molecular flexibility index (Phi) is 6.79. The quantitative estimate of drug-likeness (QED) is 0.619. The Morgan fingerprint density at radius 1 is 1.14 bits per heavy atom. The molecule has 0 aliphatic rings. The lowest BCUT2D eigenvalue weighted by Gasteiger charge is -2.15. The number of nitrogens with zero attached hydrogens (tertiary/aromatic N) is 2. The van der Waals surface area contributed by atoms with E-state index in [2.05, 4.69) is 34.4 Å². The van der Waals surface area contributed by atoms with Crippen molar-refractivity contribution < 1.29 is 9.53 Å². The molecule has 0 saturated heterocycles. The van der Waals surface area contributed by atoms with Crippen LogP contribution in [0.1, 0.15) is 21.8 Å². The van der Waals surface area contributed by atoms with E-state index in [4.69, 9.17) is 4.74 Å². The number of carbonyl (C=O) groups excluding carboxylic acids is 1. The predicted molar refractivity (Wildman–Crippen MR) is 114 cm³/mol. The third-order valence-electron chi connectivity index (χ3n) is 4.37. The van der Waals surface area contributed by atoms with E-state index in [1.54, 1.807) is 7.11 Å². The molecule has 1 aromatic heterocycles. The van der Waals surface area contributed by atoms with Crippen molar-refractivity contribution in [1.29, 1.82) is 0 Å².